The van der Waals surface area contributed by atoms with Crippen LogP contribution >= 0.6 is 0 Å². The van der Waals surface area contributed by atoms with Crippen molar-refractivity contribution in [3.63, 3.8) is 0 Å². The number of morpholine rings is 1. The molecule has 6 heteroatoms. The largest absolute Gasteiger partial charge is 0.378 e. The quantitative estimate of drug-likeness (QED) is 0.822. The van der Waals surface area contributed by atoms with Crippen molar-refractivity contribution >= 4 is 11.6 Å². The lowest BCUT2D eigenvalue weighted by molar-refractivity contribution is 0.0643. The lowest BCUT2D eigenvalue weighted by atomic mass is 10.2. The second-order valence-corrected chi connectivity index (χ2v) is 5.76. The van der Waals surface area contributed by atoms with Gasteiger partial charge in [-0.3, -0.25) is 9.78 Å². The standard InChI is InChI=1S/C16H24N4O2/c1-2-18-3-5-20(6-4-18)16(21)14-11-15(13-17-12-14)19-7-9-22-10-8-19/h11-13H,2-10H2,1H3. The van der Waals surface area contributed by atoms with E-state index in [1.54, 1.807) is 6.20 Å². The van der Waals surface area contributed by atoms with Gasteiger partial charge >= 0.3 is 0 Å². The number of carbonyl (C=O) groups is 1. The Labute approximate surface area is 131 Å². The molecule has 0 aromatic carbocycles. The van der Waals surface area contributed by atoms with Gasteiger partial charge in [-0.25, -0.2) is 0 Å². The Kier molecular flexibility index (Phi) is 4.90. The van der Waals surface area contributed by atoms with Crippen LogP contribution in [0, 0.1) is 0 Å². The van der Waals surface area contributed by atoms with Gasteiger partial charge in [0, 0.05) is 45.5 Å². The topological polar surface area (TPSA) is 48.9 Å². The van der Waals surface area contributed by atoms with Crippen molar-refractivity contribution in [2.24, 2.45) is 0 Å². The van der Waals surface area contributed by atoms with Crippen LogP contribution in [0.1, 0.15) is 17.3 Å². The molecule has 0 radical (unpaired) electrons. The predicted octanol–water partition coefficient (Wildman–Crippen LogP) is 0.696. The fourth-order valence-electron chi connectivity index (χ4n) is 2.99. The number of hydrogen-bond acceptors (Lipinski definition) is 5. The van der Waals surface area contributed by atoms with Gasteiger partial charge in [0.1, 0.15) is 0 Å². The zero-order valence-electron chi connectivity index (χ0n) is 13.2. The number of likely N-dealkylation sites (N-methyl/N-ethyl adjacent to an activating group) is 1. The van der Waals surface area contributed by atoms with Crippen LogP contribution in [-0.4, -0.2) is 79.7 Å². The van der Waals surface area contributed by atoms with Gasteiger partial charge in [0.25, 0.3) is 5.91 Å². The molecule has 0 saturated carbocycles. The Hall–Kier alpha value is -1.66. The average molecular weight is 304 g/mol. The van der Waals surface area contributed by atoms with Gasteiger partial charge in [0.15, 0.2) is 0 Å². The molecular formula is C16H24N4O2. The minimum atomic E-state index is 0.0957. The van der Waals surface area contributed by atoms with Gasteiger partial charge in [-0.15, -0.1) is 0 Å². The van der Waals surface area contributed by atoms with Gasteiger partial charge in [-0.1, -0.05) is 6.92 Å². The summed E-state index contributed by atoms with van der Waals surface area (Å²) in [4.78, 5) is 23.4. The van der Waals surface area contributed by atoms with E-state index in [0.29, 0.717) is 5.56 Å². The van der Waals surface area contributed by atoms with Crippen molar-refractivity contribution in [3.05, 3.63) is 24.0 Å². The fourth-order valence-corrected chi connectivity index (χ4v) is 2.99. The number of aromatic nitrogens is 1. The fraction of sp³-hybridized carbons (Fsp3) is 0.625. The van der Waals surface area contributed by atoms with Crippen molar-refractivity contribution in [2.75, 3.05) is 63.9 Å². The molecule has 2 aliphatic rings. The first kappa shape index (κ1) is 15.2. The summed E-state index contributed by atoms with van der Waals surface area (Å²) < 4.78 is 5.37. The predicted molar refractivity (Wildman–Crippen MR) is 85.3 cm³/mol. The molecule has 120 valence electrons. The third kappa shape index (κ3) is 3.39. The maximum atomic E-state index is 12.7. The first-order chi connectivity index (χ1) is 10.8. The Bertz CT molecular complexity index is 509. The number of carbonyl (C=O) groups excluding carboxylic acids is 1. The first-order valence-electron chi connectivity index (χ1n) is 8.07. The number of piperazine rings is 1. The van der Waals surface area contributed by atoms with E-state index in [1.165, 1.54) is 0 Å². The Morgan fingerprint density at radius 3 is 2.55 bits per heavy atom. The van der Waals surface area contributed by atoms with Gasteiger partial charge in [0.05, 0.1) is 30.7 Å². The summed E-state index contributed by atoms with van der Waals surface area (Å²) in [5, 5.41) is 0. The molecule has 1 amide bonds. The molecule has 22 heavy (non-hydrogen) atoms. The molecule has 2 fully saturated rings. The van der Waals surface area contributed by atoms with E-state index in [2.05, 4.69) is 21.7 Å². The van der Waals surface area contributed by atoms with E-state index in [0.717, 1.165) is 64.7 Å². The molecule has 1 aromatic heterocycles. The highest BCUT2D eigenvalue weighted by Crippen LogP contribution is 2.17. The number of ether oxygens (including phenoxy) is 1. The molecule has 2 saturated heterocycles. The molecule has 1 aromatic rings. The molecule has 3 rings (SSSR count). The molecule has 0 N–H and O–H groups in total. The number of nitrogens with zero attached hydrogens (tertiary/aromatic N) is 4. The third-order valence-corrected chi connectivity index (χ3v) is 4.45. The van der Waals surface area contributed by atoms with Crippen molar-refractivity contribution in [2.45, 2.75) is 6.92 Å². The smallest absolute Gasteiger partial charge is 0.255 e. The van der Waals surface area contributed by atoms with Crippen molar-refractivity contribution in [3.8, 4) is 0 Å². The maximum Gasteiger partial charge on any atom is 0.255 e. The van der Waals surface area contributed by atoms with Crippen LogP contribution in [0.3, 0.4) is 0 Å². The van der Waals surface area contributed by atoms with Crippen molar-refractivity contribution in [1.82, 2.24) is 14.8 Å². The SMILES string of the molecule is CCN1CCN(C(=O)c2cncc(N3CCOCC3)c2)CC1. The van der Waals surface area contributed by atoms with E-state index in [1.807, 2.05) is 17.2 Å². The Morgan fingerprint density at radius 1 is 1.14 bits per heavy atom. The number of pyridine rings is 1. The van der Waals surface area contributed by atoms with E-state index in [-0.39, 0.29) is 5.91 Å². The van der Waals surface area contributed by atoms with Crippen LogP contribution < -0.4 is 4.90 Å². The maximum absolute atomic E-state index is 12.7. The van der Waals surface area contributed by atoms with Gasteiger partial charge in [-0.05, 0) is 12.6 Å². The lowest BCUT2D eigenvalue weighted by Crippen LogP contribution is -2.48. The van der Waals surface area contributed by atoms with E-state index >= 15 is 0 Å². The average Bonchev–Trinajstić information content (AvgIpc) is 2.62. The summed E-state index contributed by atoms with van der Waals surface area (Å²) in [6.07, 6.45) is 3.51. The highest BCUT2D eigenvalue weighted by atomic mass is 16.5. The monoisotopic (exact) mass is 304 g/mol. The molecule has 0 unspecified atom stereocenters. The van der Waals surface area contributed by atoms with Crippen LogP contribution in [0.4, 0.5) is 5.69 Å². The minimum absolute atomic E-state index is 0.0957. The molecule has 0 aliphatic carbocycles. The second-order valence-electron chi connectivity index (χ2n) is 5.76. The number of anilines is 1. The van der Waals surface area contributed by atoms with Gasteiger partial charge < -0.3 is 19.4 Å². The number of hydrogen-bond donors (Lipinski definition) is 0. The van der Waals surface area contributed by atoms with Gasteiger partial charge in [-0.2, -0.15) is 0 Å². The number of rotatable bonds is 3. The van der Waals surface area contributed by atoms with Crippen LogP contribution in [0.5, 0.6) is 0 Å². The first-order valence-corrected chi connectivity index (χ1v) is 8.07. The molecule has 0 bridgehead atoms. The summed E-state index contributed by atoms with van der Waals surface area (Å²) in [6, 6.07) is 1.97. The van der Waals surface area contributed by atoms with E-state index < -0.39 is 0 Å². The molecule has 2 aliphatic heterocycles. The lowest BCUT2D eigenvalue weighted by Gasteiger charge is -2.34. The zero-order chi connectivity index (χ0) is 15.4. The summed E-state index contributed by atoms with van der Waals surface area (Å²) in [6.45, 7) is 9.90. The third-order valence-electron chi connectivity index (χ3n) is 4.45. The highest BCUT2D eigenvalue weighted by molar-refractivity contribution is 5.94. The zero-order valence-corrected chi connectivity index (χ0v) is 13.2. The van der Waals surface area contributed by atoms with Crippen LogP contribution in [0.15, 0.2) is 18.5 Å². The molecular weight excluding hydrogens is 280 g/mol. The molecule has 3 heterocycles. The Balaban J connectivity index is 1.67. The van der Waals surface area contributed by atoms with Crippen molar-refractivity contribution in [1.29, 1.82) is 0 Å². The molecule has 0 atom stereocenters. The summed E-state index contributed by atoms with van der Waals surface area (Å²) in [5.74, 6) is 0.0957. The molecule has 0 spiro atoms. The van der Waals surface area contributed by atoms with E-state index in [9.17, 15) is 4.79 Å². The summed E-state index contributed by atoms with van der Waals surface area (Å²) in [5.41, 5.74) is 1.70. The second kappa shape index (κ2) is 7.07. The Morgan fingerprint density at radius 2 is 1.86 bits per heavy atom. The van der Waals surface area contributed by atoms with Crippen LogP contribution in [0.2, 0.25) is 0 Å². The van der Waals surface area contributed by atoms with Crippen LogP contribution in [-0.2, 0) is 4.74 Å². The summed E-state index contributed by atoms with van der Waals surface area (Å²) in [7, 11) is 0. The number of amides is 1. The van der Waals surface area contributed by atoms with Crippen LogP contribution in [0.25, 0.3) is 0 Å². The normalized spacial score (nSPS) is 20.2. The highest BCUT2D eigenvalue weighted by Gasteiger charge is 2.22. The minimum Gasteiger partial charge on any atom is -0.378 e. The summed E-state index contributed by atoms with van der Waals surface area (Å²) >= 11 is 0. The van der Waals surface area contributed by atoms with Crippen molar-refractivity contribution < 1.29 is 9.53 Å². The molecule has 6 nitrogen and oxygen atoms in total. The van der Waals surface area contributed by atoms with E-state index in [4.69, 9.17) is 4.74 Å². The van der Waals surface area contributed by atoms with Gasteiger partial charge in [0.2, 0.25) is 0 Å².